The second-order valence-electron chi connectivity index (χ2n) is 11.6. The van der Waals surface area contributed by atoms with E-state index < -0.39 is 11.7 Å². The first kappa shape index (κ1) is 30.3. The molecule has 1 heterocycles. The van der Waals surface area contributed by atoms with Crippen LogP contribution in [-0.2, 0) is 6.18 Å². The molecule has 3 nitrogen and oxygen atoms in total. The van der Waals surface area contributed by atoms with Crippen molar-refractivity contribution in [2.45, 2.75) is 85.2 Å². The fourth-order valence-corrected chi connectivity index (χ4v) is 6.11. The van der Waals surface area contributed by atoms with Crippen molar-refractivity contribution in [2.24, 2.45) is 0 Å². The maximum absolute atomic E-state index is 13.5. The molecule has 0 aliphatic carbocycles. The van der Waals surface area contributed by atoms with Crippen molar-refractivity contribution >= 4 is 22.6 Å². The Morgan fingerprint density at radius 3 is 1.50 bits per heavy atom. The Balaban J connectivity index is 2.15. The fraction of sp³-hybridized carbons (Fsp3) is 0.394. The van der Waals surface area contributed by atoms with Crippen LogP contribution in [0.5, 0.6) is 0 Å². The minimum absolute atomic E-state index is 0.221. The minimum Gasteiger partial charge on any atom is -0.166 e. The molecule has 40 heavy (non-hydrogen) atoms. The highest BCUT2D eigenvalue weighted by Crippen LogP contribution is 2.37. The number of benzene rings is 3. The van der Waals surface area contributed by atoms with Gasteiger partial charge in [0, 0.05) is 50.4 Å². The summed E-state index contributed by atoms with van der Waals surface area (Å²) in [4.78, 5) is 0. The molecular weight excluding hydrogens is 622 g/mol. The molecule has 212 valence electrons. The number of rotatable bonds is 7. The molecule has 0 atom stereocenters. The van der Waals surface area contributed by atoms with E-state index in [9.17, 15) is 13.2 Å². The van der Waals surface area contributed by atoms with Crippen LogP contribution in [0.3, 0.4) is 0 Å². The van der Waals surface area contributed by atoms with E-state index in [4.69, 9.17) is 5.21 Å². The van der Waals surface area contributed by atoms with Crippen LogP contribution in [0.4, 0.5) is 13.2 Å². The Kier molecular flexibility index (Phi) is 8.83. The van der Waals surface area contributed by atoms with Gasteiger partial charge in [-0.25, -0.2) is 0 Å². The lowest BCUT2D eigenvalue weighted by atomic mass is 9.92. The van der Waals surface area contributed by atoms with E-state index >= 15 is 0 Å². The zero-order chi connectivity index (χ0) is 29.5. The second kappa shape index (κ2) is 11.7. The van der Waals surface area contributed by atoms with Gasteiger partial charge in [0.1, 0.15) is 5.21 Å². The van der Waals surface area contributed by atoms with Crippen LogP contribution >= 0.6 is 22.6 Å². The molecule has 0 aliphatic rings. The van der Waals surface area contributed by atoms with E-state index in [1.54, 1.807) is 12.1 Å². The normalized spacial score (nSPS) is 12.4. The van der Waals surface area contributed by atoms with E-state index in [1.807, 2.05) is 9.36 Å². The van der Waals surface area contributed by atoms with E-state index in [1.165, 1.54) is 11.1 Å². The van der Waals surface area contributed by atoms with Gasteiger partial charge in [0.05, 0.1) is 5.56 Å². The highest BCUT2D eigenvalue weighted by molar-refractivity contribution is 14.1. The molecule has 0 saturated heterocycles. The van der Waals surface area contributed by atoms with Gasteiger partial charge in [0.2, 0.25) is 9.39 Å². The summed E-state index contributed by atoms with van der Waals surface area (Å²) < 4.78 is 45.2. The lowest BCUT2D eigenvalue weighted by molar-refractivity contribution is -0.651. The van der Waals surface area contributed by atoms with Gasteiger partial charge in [-0.15, -0.1) is 0 Å². The first-order valence-corrected chi connectivity index (χ1v) is 15.0. The van der Waals surface area contributed by atoms with Crippen LogP contribution in [0.1, 0.15) is 107 Å². The zero-order valence-electron chi connectivity index (χ0n) is 24.4. The number of alkyl halides is 3. The lowest BCUT2D eigenvalue weighted by Gasteiger charge is -2.16. The van der Waals surface area contributed by atoms with Crippen LogP contribution in [0.25, 0.3) is 22.6 Å². The summed E-state index contributed by atoms with van der Waals surface area (Å²) in [6, 6.07) is 18.2. The molecule has 7 heteroatoms. The van der Waals surface area contributed by atoms with Crippen LogP contribution in [0.15, 0.2) is 60.7 Å². The van der Waals surface area contributed by atoms with Gasteiger partial charge in [-0.3, -0.25) is 0 Å². The van der Waals surface area contributed by atoms with Crippen molar-refractivity contribution in [1.29, 1.82) is 0 Å². The number of hydrogen-bond acceptors (Lipinski definition) is 1. The third-order valence-electron chi connectivity index (χ3n) is 7.37. The molecule has 4 rings (SSSR count). The molecule has 0 N–H and O–H groups in total. The van der Waals surface area contributed by atoms with Crippen LogP contribution < -0.4 is 4.68 Å². The molecule has 0 bridgehead atoms. The van der Waals surface area contributed by atoms with E-state index in [2.05, 4.69) is 114 Å². The quantitative estimate of drug-likeness (QED) is 0.143. The Hall–Kier alpha value is -2.68. The third-order valence-corrected chi connectivity index (χ3v) is 8.33. The first-order chi connectivity index (χ1) is 18.7. The summed E-state index contributed by atoms with van der Waals surface area (Å²) in [5.41, 5.74) is 7.48. The smallest absolute Gasteiger partial charge is 0.166 e. The largest absolute Gasteiger partial charge is 0.416 e. The van der Waals surface area contributed by atoms with Gasteiger partial charge in [0.15, 0.2) is 11.4 Å². The highest BCUT2D eigenvalue weighted by atomic mass is 127. The van der Waals surface area contributed by atoms with Crippen molar-refractivity contribution in [3.05, 3.63) is 92.2 Å². The summed E-state index contributed by atoms with van der Waals surface area (Å²) >= 11 is 2.32. The molecule has 0 radical (unpaired) electrons. The monoisotopic (exact) mass is 660 g/mol. The van der Waals surface area contributed by atoms with Crippen LogP contribution in [-0.4, -0.2) is 9.90 Å². The molecular formula is C33H38F3IN3+. The summed E-state index contributed by atoms with van der Waals surface area (Å²) in [5.74, 6) is 0.953. The van der Waals surface area contributed by atoms with Crippen molar-refractivity contribution in [1.82, 2.24) is 9.90 Å². The van der Waals surface area contributed by atoms with E-state index in [-0.39, 0.29) is 23.7 Å². The van der Waals surface area contributed by atoms with Crippen LogP contribution in [0, 0.1) is 3.70 Å². The predicted molar refractivity (Wildman–Crippen MR) is 165 cm³/mol. The molecule has 0 saturated carbocycles. The molecule has 3 aromatic carbocycles. The zero-order valence-corrected chi connectivity index (χ0v) is 26.6. The standard InChI is InChI=1S/C33H38F3IN3/c1-19(2)25-11-9-12-26(20(3)4)30(25)39-29(23-15-17-24(18-16-23)33(34,35)36)32(37)40(38-39)31-27(21(5)6)13-10-14-28(31)22(7)8/h9-22H,1-8H3/q+1. The van der Waals surface area contributed by atoms with Gasteiger partial charge in [-0.05, 0) is 47.9 Å². The summed E-state index contributed by atoms with van der Waals surface area (Å²) in [6.07, 6.45) is -4.40. The molecule has 0 spiro atoms. The minimum atomic E-state index is -4.40. The van der Waals surface area contributed by atoms with Gasteiger partial charge in [-0.1, -0.05) is 101 Å². The maximum Gasteiger partial charge on any atom is 0.416 e. The molecule has 0 amide bonds. The van der Waals surface area contributed by atoms with Crippen molar-refractivity contribution in [3.63, 3.8) is 0 Å². The Morgan fingerprint density at radius 1 is 0.675 bits per heavy atom. The number of nitrogens with zero attached hydrogens (tertiary/aromatic N) is 3. The van der Waals surface area contributed by atoms with Gasteiger partial charge in [0.25, 0.3) is 0 Å². The van der Waals surface area contributed by atoms with Crippen molar-refractivity contribution < 1.29 is 17.9 Å². The lowest BCUT2D eigenvalue weighted by Crippen LogP contribution is -2.39. The maximum atomic E-state index is 13.5. The van der Waals surface area contributed by atoms with Gasteiger partial charge in [-0.2, -0.15) is 13.2 Å². The number of hydrogen-bond donors (Lipinski definition) is 0. The SMILES string of the molecule is CC(C)c1cccc(C(C)C)c1-n1n[n+](-c2c(C(C)C)cccc2C(C)C)c(-c2ccc(C(F)(F)F)cc2)c1I. The van der Waals surface area contributed by atoms with Crippen molar-refractivity contribution in [2.75, 3.05) is 0 Å². The van der Waals surface area contributed by atoms with E-state index in [0.717, 1.165) is 44.0 Å². The van der Waals surface area contributed by atoms with Gasteiger partial charge >= 0.3 is 6.18 Å². The Bertz CT molecular complexity index is 1440. The Labute approximate surface area is 249 Å². The summed E-state index contributed by atoms with van der Waals surface area (Å²) in [5, 5.41) is 5.27. The number of para-hydroxylation sites is 2. The predicted octanol–water partition coefficient (Wildman–Crippen LogP) is 9.93. The second-order valence-corrected chi connectivity index (χ2v) is 12.6. The van der Waals surface area contributed by atoms with Crippen molar-refractivity contribution in [3.8, 4) is 22.6 Å². The first-order valence-electron chi connectivity index (χ1n) is 13.9. The molecule has 0 aliphatic heterocycles. The number of aromatic nitrogens is 3. The Morgan fingerprint density at radius 2 is 1.10 bits per heavy atom. The molecule has 1 aromatic heterocycles. The molecule has 0 fully saturated rings. The summed E-state index contributed by atoms with van der Waals surface area (Å²) in [7, 11) is 0. The number of halogens is 4. The highest BCUT2D eigenvalue weighted by Gasteiger charge is 2.35. The topological polar surface area (TPSA) is 21.7 Å². The van der Waals surface area contributed by atoms with Gasteiger partial charge < -0.3 is 0 Å². The van der Waals surface area contributed by atoms with E-state index in [0.29, 0.717) is 5.56 Å². The fourth-order valence-electron chi connectivity index (χ4n) is 5.23. The average molecular weight is 661 g/mol. The average Bonchev–Trinajstić information content (AvgIpc) is 3.23. The summed E-state index contributed by atoms with van der Waals surface area (Å²) in [6.45, 7) is 17.3. The third kappa shape index (κ3) is 5.71. The van der Waals surface area contributed by atoms with Crippen LogP contribution in [0.2, 0.25) is 0 Å². The molecule has 0 unspecified atom stereocenters. The molecule has 4 aromatic rings.